The fraction of sp³-hybridized carbons (Fsp3) is 0.269. The van der Waals surface area contributed by atoms with Crippen LogP contribution in [-0.2, 0) is 16.1 Å². The van der Waals surface area contributed by atoms with Crippen molar-refractivity contribution in [2.45, 2.75) is 22.9 Å². The van der Waals surface area contributed by atoms with Crippen molar-refractivity contribution < 1.29 is 14.3 Å². The molecule has 1 heterocycles. The summed E-state index contributed by atoms with van der Waals surface area (Å²) in [5.41, 5.74) is 2.87. The molecule has 1 aliphatic rings. The molecule has 2 atom stereocenters. The van der Waals surface area contributed by atoms with Gasteiger partial charge in [0, 0.05) is 23.0 Å². The van der Waals surface area contributed by atoms with Crippen molar-refractivity contribution in [2.24, 2.45) is 0 Å². The van der Waals surface area contributed by atoms with Gasteiger partial charge in [-0.2, -0.15) is 0 Å². The molecule has 1 N–H and O–H groups in total. The second-order valence-corrected chi connectivity index (χ2v) is 9.35. The van der Waals surface area contributed by atoms with E-state index in [1.165, 1.54) is 0 Å². The average molecular weight is 519 g/mol. The molecule has 0 saturated carbocycles. The summed E-state index contributed by atoms with van der Waals surface area (Å²) >= 11 is 7.96. The van der Waals surface area contributed by atoms with Gasteiger partial charge in [-0.1, -0.05) is 54.1 Å². The van der Waals surface area contributed by atoms with Gasteiger partial charge in [0.05, 0.1) is 24.7 Å². The minimum atomic E-state index is -0.674. The zero-order chi connectivity index (χ0) is 23.2. The molecule has 0 spiro atoms. The number of halogens is 2. The predicted octanol–water partition coefficient (Wildman–Crippen LogP) is 5.76. The van der Waals surface area contributed by atoms with Crippen LogP contribution in [0.25, 0.3) is 0 Å². The number of thioether (sulfide) groups is 1. The van der Waals surface area contributed by atoms with Crippen LogP contribution in [0.5, 0.6) is 5.75 Å². The van der Waals surface area contributed by atoms with Gasteiger partial charge in [0.2, 0.25) is 0 Å². The van der Waals surface area contributed by atoms with Gasteiger partial charge < -0.3 is 19.7 Å². The Balaban J connectivity index is 0.00000324. The van der Waals surface area contributed by atoms with Gasteiger partial charge in [-0.15, -0.1) is 24.2 Å². The number of rotatable bonds is 8. The van der Waals surface area contributed by atoms with E-state index in [0.717, 1.165) is 27.5 Å². The molecule has 0 unspecified atom stereocenters. The van der Waals surface area contributed by atoms with Gasteiger partial charge in [-0.05, 0) is 48.5 Å². The molecular weight excluding hydrogens is 491 g/mol. The zero-order valence-electron chi connectivity index (χ0n) is 19.1. The fourth-order valence-corrected chi connectivity index (χ4v) is 5.43. The number of hydrogen-bond acceptors (Lipinski definition) is 5. The lowest BCUT2D eigenvalue weighted by Crippen LogP contribution is -2.44. The first kappa shape index (κ1) is 26.4. The number of carbonyl (C=O) groups excluding carboxylic acids is 1. The van der Waals surface area contributed by atoms with E-state index in [4.69, 9.17) is 21.1 Å². The number of amides is 1. The number of likely N-dealkylation sites (N-methyl/N-ethyl adjacent to an activating group) is 1. The Morgan fingerprint density at radius 3 is 2.47 bits per heavy atom. The summed E-state index contributed by atoms with van der Waals surface area (Å²) in [5.74, 6) is 0.708. The lowest BCUT2D eigenvalue weighted by molar-refractivity contribution is -0.131. The van der Waals surface area contributed by atoms with Crippen LogP contribution in [0.15, 0.2) is 77.7 Å². The molecular formula is C26H28Cl2N2O3S. The van der Waals surface area contributed by atoms with Crippen LogP contribution in [-0.4, -0.2) is 39.3 Å². The van der Waals surface area contributed by atoms with E-state index in [2.05, 4.69) is 5.32 Å². The molecule has 0 aromatic heterocycles. The first-order chi connectivity index (χ1) is 16.1. The Kier molecular flexibility index (Phi) is 9.68. The van der Waals surface area contributed by atoms with Crippen LogP contribution >= 0.6 is 35.8 Å². The van der Waals surface area contributed by atoms with E-state index < -0.39 is 6.10 Å². The maximum absolute atomic E-state index is 13.9. The Labute approximate surface area is 216 Å². The van der Waals surface area contributed by atoms with Crippen molar-refractivity contribution in [1.29, 1.82) is 0 Å². The number of carbonyl (C=O) groups is 1. The molecule has 4 rings (SSSR count). The van der Waals surface area contributed by atoms with E-state index in [0.29, 0.717) is 24.7 Å². The standard InChI is InChI=1S/C26H27ClN2O3S.ClH/c1-28-14-15-29-22-13-10-20(27)16-23(22)33-25(19-8-11-21(31-2)12-9-19)24(26(29)30)32-17-18-6-4-3-5-7-18;/h3-13,16,24-25,28H,14-15,17H2,1-2H3;1H/t24-,25+;/m0./s1. The highest BCUT2D eigenvalue weighted by atomic mass is 35.5. The summed E-state index contributed by atoms with van der Waals surface area (Å²) in [5, 5.41) is 3.54. The van der Waals surface area contributed by atoms with E-state index in [9.17, 15) is 4.79 Å². The molecule has 0 saturated heterocycles. The van der Waals surface area contributed by atoms with Crippen molar-refractivity contribution in [3.8, 4) is 5.75 Å². The Hall–Kier alpha value is -2.22. The van der Waals surface area contributed by atoms with Crippen LogP contribution < -0.4 is 15.0 Å². The van der Waals surface area contributed by atoms with Crippen molar-refractivity contribution in [3.05, 3.63) is 88.9 Å². The maximum Gasteiger partial charge on any atom is 0.257 e. The average Bonchev–Trinajstić information content (AvgIpc) is 2.96. The predicted molar refractivity (Wildman–Crippen MR) is 142 cm³/mol. The van der Waals surface area contributed by atoms with Crippen molar-refractivity contribution in [3.63, 3.8) is 0 Å². The maximum atomic E-state index is 13.9. The minimum absolute atomic E-state index is 0. The molecule has 1 aliphatic heterocycles. The van der Waals surface area contributed by atoms with Crippen molar-refractivity contribution in [2.75, 3.05) is 32.1 Å². The lowest BCUT2D eigenvalue weighted by Gasteiger charge is -2.28. The van der Waals surface area contributed by atoms with Crippen LogP contribution in [0.3, 0.4) is 0 Å². The topological polar surface area (TPSA) is 50.8 Å². The number of benzene rings is 3. The van der Waals surface area contributed by atoms with Crippen molar-refractivity contribution >= 4 is 47.4 Å². The highest BCUT2D eigenvalue weighted by Gasteiger charge is 2.39. The Morgan fingerprint density at radius 2 is 1.79 bits per heavy atom. The largest absolute Gasteiger partial charge is 0.497 e. The smallest absolute Gasteiger partial charge is 0.257 e. The third-order valence-electron chi connectivity index (χ3n) is 5.55. The van der Waals surface area contributed by atoms with Gasteiger partial charge in [0.1, 0.15) is 5.75 Å². The van der Waals surface area contributed by atoms with Gasteiger partial charge in [-0.3, -0.25) is 4.79 Å². The molecule has 0 fully saturated rings. The summed E-state index contributed by atoms with van der Waals surface area (Å²) in [6, 6.07) is 23.4. The summed E-state index contributed by atoms with van der Waals surface area (Å²) in [6.45, 7) is 1.55. The zero-order valence-corrected chi connectivity index (χ0v) is 21.5. The van der Waals surface area contributed by atoms with Crippen LogP contribution in [0.4, 0.5) is 5.69 Å². The van der Waals surface area contributed by atoms with Gasteiger partial charge in [-0.25, -0.2) is 0 Å². The second kappa shape index (κ2) is 12.5. The molecule has 5 nitrogen and oxygen atoms in total. The second-order valence-electron chi connectivity index (χ2n) is 7.73. The first-order valence-corrected chi connectivity index (χ1v) is 12.1. The molecule has 3 aromatic rings. The van der Waals surface area contributed by atoms with Crippen LogP contribution in [0, 0.1) is 0 Å². The highest BCUT2D eigenvalue weighted by Crippen LogP contribution is 2.47. The molecule has 8 heteroatoms. The minimum Gasteiger partial charge on any atom is -0.497 e. The summed E-state index contributed by atoms with van der Waals surface area (Å²) in [4.78, 5) is 16.7. The van der Waals surface area contributed by atoms with Gasteiger partial charge >= 0.3 is 0 Å². The number of fused-ring (bicyclic) bond motifs is 1. The quantitative estimate of drug-likeness (QED) is 0.411. The number of ether oxygens (including phenoxy) is 2. The normalized spacial score (nSPS) is 17.5. The number of methoxy groups -OCH3 is 1. The summed E-state index contributed by atoms with van der Waals surface area (Å²) < 4.78 is 11.7. The van der Waals surface area contributed by atoms with Gasteiger partial charge in [0.15, 0.2) is 6.10 Å². The molecule has 0 aliphatic carbocycles. The molecule has 1 amide bonds. The number of nitrogens with one attached hydrogen (secondary N) is 1. The van der Waals surface area contributed by atoms with Gasteiger partial charge in [0.25, 0.3) is 5.91 Å². The third kappa shape index (κ3) is 6.06. The number of nitrogens with zero attached hydrogens (tertiary/aromatic N) is 1. The van der Waals surface area contributed by atoms with E-state index in [1.807, 2.05) is 84.7 Å². The highest BCUT2D eigenvalue weighted by molar-refractivity contribution is 7.99. The van der Waals surface area contributed by atoms with E-state index >= 15 is 0 Å². The molecule has 180 valence electrons. The van der Waals surface area contributed by atoms with E-state index in [-0.39, 0.29) is 23.6 Å². The third-order valence-corrected chi connectivity index (χ3v) is 7.14. The molecule has 0 radical (unpaired) electrons. The summed E-state index contributed by atoms with van der Waals surface area (Å²) in [6.07, 6.45) is -0.674. The van der Waals surface area contributed by atoms with Crippen LogP contribution in [0.2, 0.25) is 5.02 Å². The Bertz CT molecular complexity index is 1080. The SMILES string of the molecule is CNCCN1C(=O)[C@@H](OCc2ccccc2)[C@@H](c2ccc(OC)cc2)Sc2cc(Cl)ccc21.Cl. The summed E-state index contributed by atoms with van der Waals surface area (Å²) in [7, 11) is 3.52. The Morgan fingerprint density at radius 1 is 1.06 bits per heavy atom. The number of hydrogen-bond donors (Lipinski definition) is 1. The van der Waals surface area contributed by atoms with Crippen LogP contribution in [0.1, 0.15) is 16.4 Å². The fourth-order valence-electron chi connectivity index (χ4n) is 3.82. The lowest BCUT2D eigenvalue weighted by atomic mass is 10.1. The first-order valence-electron chi connectivity index (χ1n) is 10.8. The molecule has 0 bridgehead atoms. The molecule has 3 aromatic carbocycles. The van der Waals surface area contributed by atoms with Crippen molar-refractivity contribution in [1.82, 2.24) is 5.32 Å². The van der Waals surface area contributed by atoms with E-state index in [1.54, 1.807) is 18.9 Å². The number of anilines is 1. The monoisotopic (exact) mass is 518 g/mol. The molecule has 34 heavy (non-hydrogen) atoms.